The summed E-state index contributed by atoms with van der Waals surface area (Å²) < 4.78 is 5.35. The lowest BCUT2D eigenvalue weighted by molar-refractivity contribution is 0.0424. The summed E-state index contributed by atoms with van der Waals surface area (Å²) in [6.45, 7) is 9.22. The Kier molecular flexibility index (Phi) is 5.05. The third kappa shape index (κ3) is 3.65. The van der Waals surface area contributed by atoms with Gasteiger partial charge in [-0.15, -0.1) is 0 Å². The van der Waals surface area contributed by atoms with Gasteiger partial charge in [-0.3, -0.25) is 4.79 Å². The first-order valence-electron chi connectivity index (χ1n) is 7.40. The fraction of sp³-hybridized carbons (Fsp3) is 0.714. The summed E-state index contributed by atoms with van der Waals surface area (Å²) in [5.41, 5.74) is 5.70. The average molecular weight is 312 g/mol. The molecule has 0 bridgehead atoms. The molecule has 1 aliphatic rings. The second-order valence-corrected chi connectivity index (χ2v) is 6.49. The van der Waals surface area contributed by atoms with E-state index in [0.717, 1.165) is 31.1 Å². The Morgan fingerprint density at radius 1 is 1.43 bits per heavy atom. The van der Waals surface area contributed by atoms with Gasteiger partial charge in [0, 0.05) is 31.8 Å². The van der Waals surface area contributed by atoms with Gasteiger partial charge in [0.15, 0.2) is 5.13 Å². The molecule has 1 aliphatic heterocycles. The van der Waals surface area contributed by atoms with Crippen LogP contribution < -0.4 is 16.0 Å². The van der Waals surface area contributed by atoms with Gasteiger partial charge in [0.2, 0.25) is 0 Å². The second kappa shape index (κ2) is 6.62. The molecule has 1 amide bonds. The highest BCUT2D eigenvalue weighted by Gasteiger charge is 2.31. The smallest absolute Gasteiger partial charge is 0.265 e. The van der Waals surface area contributed by atoms with E-state index in [1.807, 2.05) is 0 Å². The van der Waals surface area contributed by atoms with Crippen molar-refractivity contribution < 1.29 is 9.53 Å². The summed E-state index contributed by atoms with van der Waals surface area (Å²) in [6.07, 6.45) is 1.64. The molecule has 0 aliphatic carbocycles. The number of hydrogen-bond donors (Lipinski definition) is 2. The van der Waals surface area contributed by atoms with Crippen molar-refractivity contribution in [2.75, 3.05) is 36.9 Å². The van der Waals surface area contributed by atoms with Crippen LogP contribution in [0.25, 0.3) is 0 Å². The quantitative estimate of drug-likeness (QED) is 0.867. The minimum atomic E-state index is -0.221. The van der Waals surface area contributed by atoms with Gasteiger partial charge in [0.25, 0.3) is 5.91 Å². The lowest BCUT2D eigenvalue weighted by Gasteiger charge is -2.34. The van der Waals surface area contributed by atoms with E-state index in [4.69, 9.17) is 10.5 Å². The zero-order valence-corrected chi connectivity index (χ0v) is 13.8. The molecule has 0 spiro atoms. The van der Waals surface area contributed by atoms with Crippen LogP contribution >= 0.6 is 11.3 Å². The van der Waals surface area contributed by atoms with Crippen LogP contribution in [-0.4, -0.2) is 42.7 Å². The van der Waals surface area contributed by atoms with E-state index in [1.165, 1.54) is 11.3 Å². The Bertz CT molecular complexity index is 493. The maximum Gasteiger partial charge on any atom is 0.265 e. The van der Waals surface area contributed by atoms with Crippen LogP contribution in [-0.2, 0) is 4.74 Å². The number of aromatic nitrogens is 1. The number of thiazole rings is 1. The van der Waals surface area contributed by atoms with Crippen LogP contribution in [0.2, 0.25) is 0 Å². The van der Waals surface area contributed by atoms with Crippen molar-refractivity contribution in [2.24, 2.45) is 0 Å². The SMILES string of the molecule is CCN(CC)c1nc(N)c(C(=O)NC2(C)CCOCC2)s1. The van der Waals surface area contributed by atoms with Crippen molar-refractivity contribution in [3.8, 4) is 0 Å². The van der Waals surface area contributed by atoms with Gasteiger partial charge in [-0.2, -0.15) is 0 Å². The van der Waals surface area contributed by atoms with Gasteiger partial charge < -0.3 is 20.7 Å². The molecule has 1 aromatic rings. The molecule has 0 radical (unpaired) electrons. The van der Waals surface area contributed by atoms with E-state index < -0.39 is 0 Å². The minimum Gasteiger partial charge on any atom is -0.382 e. The fourth-order valence-electron chi connectivity index (χ4n) is 2.39. The molecule has 2 rings (SSSR count). The minimum absolute atomic E-state index is 0.132. The molecule has 1 aromatic heterocycles. The summed E-state index contributed by atoms with van der Waals surface area (Å²) >= 11 is 1.36. The molecule has 0 atom stereocenters. The van der Waals surface area contributed by atoms with Crippen LogP contribution in [0, 0.1) is 0 Å². The van der Waals surface area contributed by atoms with Crippen molar-refractivity contribution in [1.82, 2.24) is 10.3 Å². The number of ether oxygens (including phenoxy) is 1. The number of nitrogens with two attached hydrogens (primary N) is 1. The van der Waals surface area contributed by atoms with Crippen LogP contribution in [0.3, 0.4) is 0 Å². The van der Waals surface area contributed by atoms with E-state index in [-0.39, 0.29) is 11.4 Å². The first kappa shape index (κ1) is 16.0. The molecular weight excluding hydrogens is 288 g/mol. The van der Waals surface area contributed by atoms with Crippen molar-refractivity contribution in [3.05, 3.63) is 4.88 Å². The Morgan fingerprint density at radius 3 is 2.62 bits per heavy atom. The summed E-state index contributed by atoms with van der Waals surface area (Å²) in [4.78, 5) is 19.4. The zero-order valence-electron chi connectivity index (χ0n) is 12.9. The van der Waals surface area contributed by atoms with Gasteiger partial charge in [-0.25, -0.2) is 4.98 Å². The van der Waals surface area contributed by atoms with E-state index in [9.17, 15) is 4.79 Å². The van der Waals surface area contributed by atoms with Gasteiger partial charge in [0.1, 0.15) is 10.7 Å². The highest BCUT2D eigenvalue weighted by molar-refractivity contribution is 7.18. The number of carbonyl (C=O) groups is 1. The third-order valence-electron chi connectivity index (χ3n) is 3.89. The first-order valence-corrected chi connectivity index (χ1v) is 8.22. The Labute approximate surface area is 129 Å². The van der Waals surface area contributed by atoms with Crippen LogP contribution in [0.15, 0.2) is 0 Å². The van der Waals surface area contributed by atoms with Crippen molar-refractivity contribution in [3.63, 3.8) is 0 Å². The standard InChI is InChI=1S/C14H24N4O2S/c1-4-18(5-2)13-16-11(15)10(21-13)12(19)17-14(3)6-8-20-9-7-14/h4-9,15H2,1-3H3,(H,17,19). The molecule has 6 nitrogen and oxygen atoms in total. The van der Waals surface area contributed by atoms with E-state index in [0.29, 0.717) is 23.9 Å². The van der Waals surface area contributed by atoms with Crippen molar-refractivity contribution in [2.45, 2.75) is 39.2 Å². The molecule has 118 valence electrons. The number of nitrogens with zero attached hydrogens (tertiary/aromatic N) is 2. The monoisotopic (exact) mass is 312 g/mol. The predicted octanol–water partition coefficient (Wildman–Crippen LogP) is 1.87. The molecule has 0 saturated carbocycles. The zero-order chi connectivity index (χ0) is 15.5. The maximum absolute atomic E-state index is 12.5. The predicted molar refractivity (Wildman–Crippen MR) is 86.0 cm³/mol. The third-order valence-corrected chi connectivity index (χ3v) is 5.02. The lowest BCUT2D eigenvalue weighted by atomic mass is 9.92. The first-order chi connectivity index (χ1) is 9.99. The van der Waals surface area contributed by atoms with Crippen molar-refractivity contribution >= 4 is 28.2 Å². The molecule has 1 saturated heterocycles. The number of rotatable bonds is 5. The maximum atomic E-state index is 12.5. The number of hydrogen-bond acceptors (Lipinski definition) is 6. The summed E-state index contributed by atoms with van der Waals surface area (Å²) in [5, 5.41) is 3.90. The average Bonchev–Trinajstić information content (AvgIpc) is 2.82. The number of anilines is 2. The summed E-state index contributed by atoms with van der Waals surface area (Å²) in [6, 6.07) is 0. The Balaban J connectivity index is 2.12. The normalized spacial score (nSPS) is 17.5. The molecule has 2 heterocycles. The van der Waals surface area contributed by atoms with Crippen molar-refractivity contribution in [1.29, 1.82) is 0 Å². The second-order valence-electron chi connectivity index (χ2n) is 5.51. The number of amides is 1. The largest absolute Gasteiger partial charge is 0.382 e. The van der Waals surface area contributed by atoms with Gasteiger partial charge in [-0.1, -0.05) is 11.3 Å². The highest BCUT2D eigenvalue weighted by Crippen LogP contribution is 2.29. The molecule has 0 unspecified atom stereocenters. The lowest BCUT2D eigenvalue weighted by Crippen LogP contribution is -2.49. The highest BCUT2D eigenvalue weighted by atomic mass is 32.1. The summed E-state index contributed by atoms with van der Waals surface area (Å²) in [7, 11) is 0. The molecule has 7 heteroatoms. The topological polar surface area (TPSA) is 80.5 Å². The molecule has 21 heavy (non-hydrogen) atoms. The van der Waals surface area contributed by atoms with E-state index in [2.05, 4.69) is 36.0 Å². The fourth-order valence-corrected chi connectivity index (χ4v) is 3.40. The number of nitrogen functional groups attached to an aromatic ring is 1. The number of carbonyl (C=O) groups excluding carboxylic acids is 1. The van der Waals surface area contributed by atoms with Gasteiger partial charge >= 0.3 is 0 Å². The molecule has 1 fully saturated rings. The summed E-state index contributed by atoms with van der Waals surface area (Å²) in [5.74, 6) is 0.183. The Hall–Kier alpha value is -1.34. The number of nitrogens with one attached hydrogen (secondary N) is 1. The van der Waals surface area contributed by atoms with Crippen LogP contribution in [0.4, 0.5) is 10.9 Å². The van der Waals surface area contributed by atoms with Gasteiger partial charge in [-0.05, 0) is 33.6 Å². The molecule has 3 N–H and O–H groups in total. The van der Waals surface area contributed by atoms with E-state index in [1.54, 1.807) is 0 Å². The van der Waals surface area contributed by atoms with E-state index >= 15 is 0 Å². The van der Waals surface area contributed by atoms with Crippen LogP contribution in [0.1, 0.15) is 43.3 Å². The molecule has 0 aromatic carbocycles. The molecular formula is C14H24N4O2S. The van der Waals surface area contributed by atoms with Crippen LogP contribution in [0.5, 0.6) is 0 Å². The Morgan fingerprint density at radius 2 is 2.05 bits per heavy atom. The van der Waals surface area contributed by atoms with Gasteiger partial charge in [0.05, 0.1) is 0 Å².